The number of nitrogens with one attached hydrogen (secondary N) is 1. The Bertz CT molecular complexity index is 715. The number of aromatic nitrogens is 1. The minimum absolute atomic E-state index is 0.328. The van der Waals surface area contributed by atoms with Gasteiger partial charge in [0.1, 0.15) is 6.04 Å². The first-order valence-corrected chi connectivity index (χ1v) is 7.09. The average molecular weight is 346 g/mol. The molecule has 2 aromatic rings. The lowest BCUT2D eigenvalue weighted by atomic mass is 10.0. The van der Waals surface area contributed by atoms with Crippen LogP contribution in [0.1, 0.15) is 12.1 Å². The quantitative estimate of drug-likeness (QED) is 0.924. The third kappa shape index (κ3) is 3.26. The van der Waals surface area contributed by atoms with E-state index < -0.39 is 23.8 Å². The van der Waals surface area contributed by atoms with Crippen LogP contribution in [0.15, 0.2) is 34.9 Å². The normalized spacial score (nSPS) is 17.7. The zero-order valence-corrected chi connectivity index (χ0v) is 12.4. The first-order chi connectivity index (χ1) is 10.8. The van der Waals surface area contributed by atoms with Crippen molar-refractivity contribution in [1.82, 2.24) is 5.16 Å². The standard InChI is InChI=1S/C14H11ClF3N3O2/c15-8-1-3-9(4-2-8)21-6-5-10(21)13(22)19-12-7-11(20-23-12)14(16,17)18/h1-4,7,10H,5-6H2,(H,19,22)/t10-/m0/s1. The van der Waals surface area contributed by atoms with Crippen molar-refractivity contribution in [3.05, 3.63) is 41.0 Å². The highest BCUT2D eigenvalue weighted by Crippen LogP contribution is 2.31. The molecule has 1 amide bonds. The number of carbonyl (C=O) groups excluding carboxylic acids is 1. The summed E-state index contributed by atoms with van der Waals surface area (Å²) in [7, 11) is 0. The van der Waals surface area contributed by atoms with E-state index in [0.717, 1.165) is 5.69 Å². The number of hydrogen-bond acceptors (Lipinski definition) is 4. The van der Waals surface area contributed by atoms with Crippen LogP contribution >= 0.6 is 11.6 Å². The largest absolute Gasteiger partial charge is 0.436 e. The van der Waals surface area contributed by atoms with Crippen molar-refractivity contribution >= 4 is 29.1 Å². The number of benzene rings is 1. The fourth-order valence-electron chi connectivity index (χ4n) is 2.27. The van der Waals surface area contributed by atoms with Crippen molar-refractivity contribution in [2.75, 3.05) is 16.8 Å². The van der Waals surface area contributed by atoms with Gasteiger partial charge in [0.2, 0.25) is 11.8 Å². The number of halogens is 4. The summed E-state index contributed by atoms with van der Waals surface area (Å²) in [5.74, 6) is -0.777. The molecule has 5 nitrogen and oxygen atoms in total. The van der Waals surface area contributed by atoms with Gasteiger partial charge in [-0.25, -0.2) is 0 Å². The van der Waals surface area contributed by atoms with Gasteiger partial charge in [0.15, 0.2) is 5.69 Å². The second-order valence-corrected chi connectivity index (χ2v) is 5.47. The second-order valence-electron chi connectivity index (χ2n) is 5.04. The number of anilines is 2. The third-order valence-electron chi connectivity index (χ3n) is 3.53. The molecule has 1 aromatic carbocycles. The van der Waals surface area contributed by atoms with Crippen molar-refractivity contribution in [3.63, 3.8) is 0 Å². The van der Waals surface area contributed by atoms with Gasteiger partial charge in [-0.2, -0.15) is 13.2 Å². The van der Waals surface area contributed by atoms with Crippen molar-refractivity contribution in [2.45, 2.75) is 18.6 Å². The molecule has 1 saturated heterocycles. The van der Waals surface area contributed by atoms with Gasteiger partial charge >= 0.3 is 6.18 Å². The smallest absolute Gasteiger partial charge is 0.359 e. The molecular formula is C14H11ClF3N3O2. The van der Waals surface area contributed by atoms with Gasteiger partial charge < -0.3 is 9.42 Å². The Balaban J connectivity index is 1.66. The zero-order chi connectivity index (χ0) is 16.6. The summed E-state index contributed by atoms with van der Waals surface area (Å²) >= 11 is 5.81. The minimum Gasteiger partial charge on any atom is -0.359 e. The Morgan fingerprint density at radius 3 is 2.57 bits per heavy atom. The molecule has 1 N–H and O–H groups in total. The highest BCUT2D eigenvalue weighted by Gasteiger charge is 2.37. The van der Waals surface area contributed by atoms with E-state index in [1.807, 2.05) is 4.90 Å². The van der Waals surface area contributed by atoms with Gasteiger partial charge in [-0.1, -0.05) is 16.8 Å². The van der Waals surface area contributed by atoms with Gasteiger partial charge in [-0.3, -0.25) is 10.1 Å². The highest BCUT2D eigenvalue weighted by atomic mass is 35.5. The van der Waals surface area contributed by atoms with E-state index in [4.69, 9.17) is 11.6 Å². The third-order valence-corrected chi connectivity index (χ3v) is 3.78. The van der Waals surface area contributed by atoms with Crippen LogP contribution in [-0.2, 0) is 11.0 Å². The lowest BCUT2D eigenvalue weighted by Gasteiger charge is -2.41. The first kappa shape index (κ1) is 15.7. The maximum Gasteiger partial charge on any atom is 0.436 e. The zero-order valence-electron chi connectivity index (χ0n) is 11.6. The van der Waals surface area contributed by atoms with Gasteiger partial charge in [-0.05, 0) is 30.7 Å². The number of hydrogen-bond donors (Lipinski definition) is 1. The summed E-state index contributed by atoms with van der Waals surface area (Å²) in [4.78, 5) is 14.0. The Hall–Kier alpha value is -2.22. The van der Waals surface area contributed by atoms with Crippen LogP contribution in [0.3, 0.4) is 0 Å². The van der Waals surface area contributed by atoms with Gasteiger partial charge in [0.25, 0.3) is 0 Å². The van der Waals surface area contributed by atoms with Crippen molar-refractivity contribution in [3.8, 4) is 0 Å². The van der Waals surface area contributed by atoms with Gasteiger partial charge in [0.05, 0.1) is 0 Å². The highest BCUT2D eigenvalue weighted by molar-refractivity contribution is 6.30. The summed E-state index contributed by atoms with van der Waals surface area (Å²) < 4.78 is 41.8. The molecule has 1 atom stereocenters. The lowest BCUT2D eigenvalue weighted by molar-refractivity contribution is -0.142. The lowest BCUT2D eigenvalue weighted by Crippen LogP contribution is -2.54. The number of rotatable bonds is 3. The molecule has 0 bridgehead atoms. The van der Waals surface area contributed by atoms with Gasteiger partial charge in [-0.15, -0.1) is 0 Å². The van der Waals surface area contributed by atoms with E-state index in [1.54, 1.807) is 24.3 Å². The van der Waals surface area contributed by atoms with E-state index in [9.17, 15) is 18.0 Å². The van der Waals surface area contributed by atoms with E-state index >= 15 is 0 Å². The molecule has 0 spiro atoms. The van der Waals surface area contributed by atoms with Crippen molar-refractivity contribution < 1.29 is 22.5 Å². The Labute approximate surface area is 134 Å². The molecule has 0 saturated carbocycles. The molecular weight excluding hydrogens is 335 g/mol. The van der Waals surface area contributed by atoms with Crippen LogP contribution in [-0.4, -0.2) is 23.7 Å². The summed E-state index contributed by atoms with van der Waals surface area (Å²) in [5, 5.41) is 5.78. The second kappa shape index (κ2) is 5.77. The SMILES string of the molecule is O=C(Nc1cc(C(F)(F)F)no1)[C@@H]1CCN1c1ccc(Cl)cc1. The number of carbonyl (C=O) groups is 1. The minimum atomic E-state index is -4.61. The van der Waals surface area contributed by atoms with Crippen LogP contribution in [0, 0.1) is 0 Å². The predicted octanol–water partition coefficient (Wildman–Crippen LogP) is 3.56. The Kier molecular flexibility index (Phi) is 3.93. The maximum absolute atomic E-state index is 12.4. The van der Waals surface area contributed by atoms with Crippen LogP contribution in [0.4, 0.5) is 24.7 Å². The van der Waals surface area contributed by atoms with E-state index in [1.165, 1.54) is 0 Å². The average Bonchev–Trinajstić information content (AvgIpc) is 2.88. The number of alkyl halides is 3. The first-order valence-electron chi connectivity index (χ1n) is 6.71. The topological polar surface area (TPSA) is 58.4 Å². The molecule has 122 valence electrons. The molecule has 1 fully saturated rings. The predicted molar refractivity (Wildman–Crippen MR) is 77.3 cm³/mol. The summed E-state index contributed by atoms with van der Waals surface area (Å²) in [6, 6.07) is 7.14. The molecule has 9 heteroatoms. The molecule has 1 aliphatic heterocycles. The van der Waals surface area contributed by atoms with E-state index in [-0.39, 0.29) is 5.88 Å². The van der Waals surface area contributed by atoms with Crippen LogP contribution in [0.2, 0.25) is 5.02 Å². The van der Waals surface area contributed by atoms with Crippen LogP contribution in [0.25, 0.3) is 0 Å². The van der Waals surface area contributed by atoms with Crippen molar-refractivity contribution in [1.29, 1.82) is 0 Å². The maximum atomic E-state index is 12.4. The number of nitrogens with zero attached hydrogens (tertiary/aromatic N) is 2. The van der Waals surface area contributed by atoms with Crippen LogP contribution < -0.4 is 10.2 Å². The summed E-state index contributed by atoms with van der Waals surface area (Å²) in [6.07, 6.45) is -4.02. The number of amides is 1. The Morgan fingerprint density at radius 1 is 1.35 bits per heavy atom. The van der Waals surface area contributed by atoms with E-state index in [0.29, 0.717) is 24.1 Å². The monoisotopic (exact) mass is 345 g/mol. The summed E-state index contributed by atoms with van der Waals surface area (Å²) in [5.41, 5.74) is -0.370. The molecule has 0 radical (unpaired) electrons. The van der Waals surface area contributed by atoms with Gasteiger partial charge in [0, 0.05) is 23.3 Å². The van der Waals surface area contributed by atoms with E-state index in [2.05, 4.69) is 15.0 Å². The molecule has 2 heterocycles. The molecule has 3 rings (SSSR count). The van der Waals surface area contributed by atoms with Crippen LogP contribution in [0.5, 0.6) is 0 Å². The molecule has 0 unspecified atom stereocenters. The molecule has 23 heavy (non-hydrogen) atoms. The fraction of sp³-hybridized carbons (Fsp3) is 0.286. The Morgan fingerprint density at radius 2 is 2.04 bits per heavy atom. The molecule has 0 aliphatic carbocycles. The molecule has 1 aliphatic rings. The summed E-state index contributed by atoms with van der Waals surface area (Å²) in [6.45, 7) is 0.671. The van der Waals surface area contributed by atoms with Crippen molar-refractivity contribution in [2.24, 2.45) is 0 Å². The molecule has 1 aromatic heterocycles. The fourth-order valence-corrected chi connectivity index (χ4v) is 2.40.